The van der Waals surface area contributed by atoms with Crippen molar-refractivity contribution in [1.82, 2.24) is 4.90 Å². The second-order valence-corrected chi connectivity index (χ2v) is 8.99. The summed E-state index contributed by atoms with van der Waals surface area (Å²) in [7, 11) is 0. The highest BCUT2D eigenvalue weighted by Crippen LogP contribution is 2.32. The summed E-state index contributed by atoms with van der Waals surface area (Å²) in [6, 6.07) is 14.5. The van der Waals surface area contributed by atoms with Crippen molar-refractivity contribution in [1.29, 1.82) is 0 Å². The topological polar surface area (TPSA) is 67.9 Å². The monoisotopic (exact) mass is 464 g/mol. The van der Waals surface area contributed by atoms with Gasteiger partial charge in [-0.3, -0.25) is 4.79 Å². The summed E-state index contributed by atoms with van der Waals surface area (Å²) >= 11 is 0. The molecule has 0 unspecified atom stereocenters. The Balaban J connectivity index is 1.73. The fourth-order valence-electron chi connectivity index (χ4n) is 3.72. The van der Waals surface area contributed by atoms with Crippen molar-refractivity contribution in [3.05, 3.63) is 60.2 Å². The number of nitrogens with one attached hydrogen (secondary N) is 1. The summed E-state index contributed by atoms with van der Waals surface area (Å²) in [6.45, 7) is 5.94. The van der Waals surface area contributed by atoms with Gasteiger partial charge in [-0.15, -0.1) is 13.2 Å². The molecule has 2 amide bonds. The van der Waals surface area contributed by atoms with E-state index in [2.05, 4.69) is 10.1 Å². The van der Waals surface area contributed by atoms with Crippen molar-refractivity contribution in [3.63, 3.8) is 0 Å². The van der Waals surface area contributed by atoms with Crippen LogP contribution in [0, 0.1) is 5.92 Å². The second kappa shape index (κ2) is 9.72. The van der Waals surface area contributed by atoms with Crippen LogP contribution in [0.3, 0.4) is 0 Å². The minimum Gasteiger partial charge on any atom is -0.444 e. The van der Waals surface area contributed by atoms with Crippen molar-refractivity contribution < 1.29 is 32.2 Å². The number of halogens is 3. The van der Waals surface area contributed by atoms with Gasteiger partial charge in [-0.25, -0.2) is 4.79 Å². The lowest BCUT2D eigenvalue weighted by Gasteiger charge is -2.38. The number of carbonyl (C=O) groups excluding carboxylic acids is 2. The molecule has 1 saturated heterocycles. The number of likely N-dealkylation sites (tertiary alicyclic amines) is 1. The van der Waals surface area contributed by atoms with E-state index >= 15 is 0 Å². The van der Waals surface area contributed by atoms with Crippen LogP contribution in [0.25, 0.3) is 0 Å². The number of hydrogen-bond donors (Lipinski definition) is 1. The molecule has 1 aliphatic heterocycles. The number of nitrogens with zero attached hydrogens (tertiary/aromatic N) is 1. The van der Waals surface area contributed by atoms with Gasteiger partial charge in [0.2, 0.25) is 5.91 Å². The zero-order valence-electron chi connectivity index (χ0n) is 18.7. The van der Waals surface area contributed by atoms with E-state index < -0.39 is 24.0 Å². The van der Waals surface area contributed by atoms with Gasteiger partial charge in [-0.1, -0.05) is 30.3 Å². The Morgan fingerprint density at radius 1 is 0.970 bits per heavy atom. The minimum absolute atomic E-state index is 0.0641. The van der Waals surface area contributed by atoms with Crippen LogP contribution in [0.15, 0.2) is 54.6 Å². The minimum atomic E-state index is -4.79. The Morgan fingerprint density at radius 3 is 2.18 bits per heavy atom. The number of alkyl halides is 3. The zero-order chi connectivity index (χ0) is 24.2. The molecule has 0 saturated carbocycles. The summed E-state index contributed by atoms with van der Waals surface area (Å²) in [5.74, 6) is -1.29. The molecule has 2 aromatic carbocycles. The predicted octanol–water partition coefficient (Wildman–Crippen LogP) is 5.56. The molecule has 1 aliphatic rings. The van der Waals surface area contributed by atoms with Gasteiger partial charge in [0.15, 0.2) is 0 Å². The number of rotatable bonds is 4. The van der Waals surface area contributed by atoms with Crippen LogP contribution in [0.4, 0.5) is 23.7 Å². The lowest BCUT2D eigenvalue weighted by atomic mass is 9.84. The molecule has 2 atom stereocenters. The Hall–Kier alpha value is -3.23. The first-order chi connectivity index (χ1) is 15.4. The molecule has 33 heavy (non-hydrogen) atoms. The molecule has 0 bridgehead atoms. The Kier molecular flexibility index (Phi) is 7.19. The quantitative estimate of drug-likeness (QED) is 0.643. The van der Waals surface area contributed by atoms with Gasteiger partial charge < -0.3 is 19.7 Å². The van der Waals surface area contributed by atoms with E-state index in [1.54, 1.807) is 20.8 Å². The molecular formula is C24H27F3N2O4. The molecular weight excluding hydrogens is 437 g/mol. The highest BCUT2D eigenvalue weighted by atomic mass is 19.4. The highest BCUT2D eigenvalue weighted by molar-refractivity contribution is 5.93. The van der Waals surface area contributed by atoms with Gasteiger partial charge in [-0.05, 0) is 57.0 Å². The smallest absolute Gasteiger partial charge is 0.444 e. The Morgan fingerprint density at radius 2 is 1.61 bits per heavy atom. The highest BCUT2D eigenvalue weighted by Gasteiger charge is 2.36. The molecule has 1 fully saturated rings. The molecule has 1 heterocycles. The second-order valence-electron chi connectivity index (χ2n) is 8.99. The number of piperidine rings is 1. The number of anilines is 1. The van der Waals surface area contributed by atoms with E-state index in [1.807, 2.05) is 30.3 Å². The standard InChI is InChI=1S/C24H27F3N2O4/c1-23(2,3)33-22(31)29-14-17(16-7-5-4-6-8-16)13-18(15-29)21(30)28-19-9-11-20(12-10-19)32-24(25,26)27/h4-12,17-18H,13-15H2,1-3H3,(H,28,30)/t17-,18-/m1/s1. The Bertz CT molecular complexity index is 956. The van der Waals surface area contributed by atoms with Gasteiger partial charge in [0, 0.05) is 24.7 Å². The fourth-order valence-corrected chi connectivity index (χ4v) is 3.72. The fraction of sp³-hybridized carbons (Fsp3) is 0.417. The van der Waals surface area contributed by atoms with Gasteiger partial charge >= 0.3 is 12.5 Å². The van der Waals surface area contributed by atoms with Crippen LogP contribution < -0.4 is 10.1 Å². The van der Waals surface area contributed by atoms with Crippen LogP contribution in [-0.2, 0) is 9.53 Å². The maximum atomic E-state index is 13.0. The van der Waals surface area contributed by atoms with Crippen LogP contribution in [-0.4, -0.2) is 42.0 Å². The zero-order valence-corrected chi connectivity index (χ0v) is 18.7. The number of benzene rings is 2. The van der Waals surface area contributed by atoms with Gasteiger partial charge in [0.1, 0.15) is 11.4 Å². The van der Waals surface area contributed by atoms with Crippen molar-refractivity contribution in [2.24, 2.45) is 5.92 Å². The summed E-state index contributed by atoms with van der Waals surface area (Å²) in [6.07, 6.45) is -4.76. The van der Waals surface area contributed by atoms with Gasteiger partial charge in [0.05, 0.1) is 5.92 Å². The molecule has 0 aromatic heterocycles. The summed E-state index contributed by atoms with van der Waals surface area (Å²) in [4.78, 5) is 27.3. The summed E-state index contributed by atoms with van der Waals surface area (Å²) in [5, 5.41) is 2.73. The van der Waals surface area contributed by atoms with E-state index in [0.29, 0.717) is 18.7 Å². The first-order valence-electron chi connectivity index (χ1n) is 10.6. The predicted molar refractivity (Wildman–Crippen MR) is 117 cm³/mol. The average Bonchev–Trinajstić information content (AvgIpc) is 2.73. The van der Waals surface area contributed by atoms with Crippen molar-refractivity contribution in [2.75, 3.05) is 18.4 Å². The van der Waals surface area contributed by atoms with E-state index in [-0.39, 0.29) is 24.1 Å². The maximum Gasteiger partial charge on any atom is 0.573 e. The van der Waals surface area contributed by atoms with E-state index in [4.69, 9.17) is 4.74 Å². The number of hydrogen-bond acceptors (Lipinski definition) is 4. The van der Waals surface area contributed by atoms with Crippen molar-refractivity contribution in [3.8, 4) is 5.75 Å². The van der Waals surface area contributed by atoms with Crippen LogP contribution in [0.2, 0.25) is 0 Å². The van der Waals surface area contributed by atoms with E-state index in [1.165, 1.54) is 17.0 Å². The van der Waals surface area contributed by atoms with Crippen LogP contribution in [0.5, 0.6) is 5.75 Å². The third-order valence-corrected chi connectivity index (χ3v) is 5.10. The molecule has 0 aliphatic carbocycles. The average molecular weight is 464 g/mol. The summed E-state index contributed by atoms with van der Waals surface area (Å²) in [5.41, 5.74) is 0.673. The molecule has 6 nitrogen and oxygen atoms in total. The number of carbonyl (C=O) groups is 2. The lowest BCUT2D eigenvalue weighted by Crippen LogP contribution is -2.48. The largest absolute Gasteiger partial charge is 0.573 e. The SMILES string of the molecule is CC(C)(C)OC(=O)N1C[C@H](C(=O)Nc2ccc(OC(F)(F)F)cc2)C[C@@H](c2ccccc2)C1. The molecule has 3 rings (SSSR count). The number of amides is 2. The first-order valence-corrected chi connectivity index (χ1v) is 10.6. The molecule has 0 spiro atoms. The van der Waals surface area contributed by atoms with Gasteiger partial charge in [-0.2, -0.15) is 0 Å². The Labute approximate surface area is 190 Å². The van der Waals surface area contributed by atoms with Gasteiger partial charge in [0.25, 0.3) is 0 Å². The molecule has 0 radical (unpaired) electrons. The lowest BCUT2D eigenvalue weighted by molar-refractivity contribution is -0.274. The summed E-state index contributed by atoms with van der Waals surface area (Å²) < 4.78 is 46.4. The number of ether oxygens (including phenoxy) is 2. The van der Waals surface area contributed by atoms with Crippen LogP contribution in [0.1, 0.15) is 38.7 Å². The van der Waals surface area contributed by atoms with Crippen LogP contribution >= 0.6 is 0 Å². The molecule has 178 valence electrons. The molecule has 9 heteroatoms. The van der Waals surface area contributed by atoms with Crippen molar-refractivity contribution in [2.45, 2.75) is 45.1 Å². The third-order valence-electron chi connectivity index (χ3n) is 5.10. The van der Waals surface area contributed by atoms with Crippen molar-refractivity contribution >= 4 is 17.7 Å². The first kappa shape index (κ1) is 24.4. The molecule has 2 aromatic rings. The molecule has 1 N–H and O–H groups in total. The van der Waals surface area contributed by atoms with E-state index in [9.17, 15) is 22.8 Å². The normalized spacial score (nSPS) is 19.0. The van der Waals surface area contributed by atoms with E-state index in [0.717, 1.165) is 17.7 Å². The maximum absolute atomic E-state index is 13.0. The third kappa shape index (κ3) is 7.40.